The molecule has 4 unspecified atom stereocenters. The number of carbonyl (C=O) groups excluding carboxylic acids is 4. The van der Waals surface area contributed by atoms with E-state index in [9.17, 15) is 39.6 Å². The normalized spacial score (nSPS) is 14.3. The van der Waals surface area contributed by atoms with Gasteiger partial charge in [0.25, 0.3) is 0 Å². The van der Waals surface area contributed by atoms with E-state index in [-0.39, 0.29) is 52.1 Å². The Hall–Kier alpha value is -2.28. The fourth-order valence-electron chi connectivity index (χ4n) is 7.91. The van der Waals surface area contributed by atoms with Gasteiger partial charge >= 0.3 is 23.9 Å². The van der Waals surface area contributed by atoms with Crippen molar-refractivity contribution in [3.8, 4) is 0 Å². The van der Waals surface area contributed by atoms with Crippen LogP contribution >= 0.6 is 0 Å². The molecule has 12 heteroatoms. The fraction of sp³-hybridized carbons (Fsp3) is 0.925. The molecular weight excluding hydrogens is 829 g/mol. The molecule has 4 atom stereocenters. The lowest BCUT2D eigenvalue weighted by Crippen LogP contribution is -2.44. The quantitative estimate of drug-likeness (QED) is 0.0257. The number of aliphatic hydroxyl groups is 4. The summed E-state index contributed by atoms with van der Waals surface area (Å²) in [6, 6.07) is 0. The standard InChI is InChI=1S/C53H100O12/c1-5-9-13-17-21-29-45(54)33-25-37-49(58)62-41-53(42-63-50(59)38-26-34-46(55)30-22-18-14-10-6-2,43-64-51(60)39-27-35-47(56)31-23-19-15-11-7-3)44-65-52(61)40-28-36-48(57)32-24-20-16-12-8-4/h45-48,54-57H,5-44H2,1-4H3. The lowest BCUT2D eigenvalue weighted by molar-refractivity contribution is -0.170. The zero-order valence-corrected chi connectivity index (χ0v) is 42.1. The average Bonchev–Trinajstić information content (AvgIpc) is 3.28. The number of esters is 4. The van der Waals surface area contributed by atoms with Crippen LogP contribution in [0.5, 0.6) is 0 Å². The van der Waals surface area contributed by atoms with Gasteiger partial charge in [-0.3, -0.25) is 19.2 Å². The molecule has 0 saturated carbocycles. The van der Waals surface area contributed by atoms with Crippen molar-refractivity contribution in [3.05, 3.63) is 0 Å². The van der Waals surface area contributed by atoms with E-state index in [1.165, 1.54) is 25.7 Å². The highest BCUT2D eigenvalue weighted by Gasteiger charge is 2.38. The molecule has 0 amide bonds. The Morgan fingerprint density at radius 2 is 0.492 bits per heavy atom. The van der Waals surface area contributed by atoms with Crippen molar-refractivity contribution in [2.75, 3.05) is 26.4 Å². The third kappa shape index (κ3) is 40.5. The smallest absolute Gasteiger partial charge is 0.305 e. The number of hydrogen-bond acceptors (Lipinski definition) is 12. The van der Waals surface area contributed by atoms with Gasteiger partial charge in [-0.2, -0.15) is 0 Å². The number of hydrogen-bond donors (Lipinski definition) is 4. The molecule has 0 fully saturated rings. The summed E-state index contributed by atoms with van der Waals surface area (Å²) >= 11 is 0. The first-order chi connectivity index (χ1) is 31.4. The number of carbonyl (C=O) groups is 4. The molecule has 0 aliphatic rings. The topological polar surface area (TPSA) is 186 Å². The summed E-state index contributed by atoms with van der Waals surface area (Å²) in [6.45, 7) is 7.21. The minimum Gasteiger partial charge on any atom is -0.465 e. The van der Waals surface area contributed by atoms with Gasteiger partial charge in [-0.05, 0) is 77.0 Å². The van der Waals surface area contributed by atoms with Crippen LogP contribution in [0.15, 0.2) is 0 Å². The molecule has 0 aliphatic carbocycles. The molecule has 12 nitrogen and oxygen atoms in total. The van der Waals surface area contributed by atoms with E-state index in [0.29, 0.717) is 77.0 Å². The molecule has 0 spiro atoms. The lowest BCUT2D eigenvalue weighted by Gasteiger charge is -2.31. The van der Waals surface area contributed by atoms with Crippen molar-refractivity contribution in [2.45, 2.75) is 283 Å². The first kappa shape index (κ1) is 62.7. The second-order valence-corrected chi connectivity index (χ2v) is 19.1. The Bertz CT molecular complexity index is 959. The van der Waals surface area contributed by atoms with Gasteiger partial charge in [0.2, 0.25) is 0 Å². The van der Waals surface area contributed by atoms with Gasteiger partial charge in [-0.15, -0.1) is 0 Å². The molecule has 0 aliphatic heterocycles. The molecule has 0 aromatic heterocycles. The maximum absolute atomic E-state index is 13.1. The molecule has 0 bridgehead atoms. The van der Waals surface area contributed by atoms with Crippen LogP contribution in [0.25, 0.3) is 0 Å². The van der Waals surface area contributed by atoms with E-state index in [1.54, 1.807) is 0 Å². The van der Waals surface area contributed by atoms with E-state index < -0.39 is 53.7 Å². The van der Waals surface area contributed by atoms with E-state index in [0.717, 1.165) is 103 Å². The second kappa shape index (κ2) is 44.2. The van der Waals surface area contributed by atoms with Crippen molar-refractivity contribution in [3.63, 3.8) is 0 Å². The maximum Gasteiger partial charge on any atom is 0.305 e. The highest BCUT2D eigenvalue weighted by Crippen LogP contribution is 2.24. The number of unbranched alkanes of at least 4 members (excludes halogenated alkanes) is 16. The van der Waals surface area contributed by atoms with Crippen LogP contribution in [-0.2, 0) is 38.1 Å². The summed E-state index contributed by atoms with van der Waals surface area (Å²) in [5.74, 6) is -2.15. The summed E-state index contributed by atoms with van der Waals surface area (Å²) in [4.78, 5) is 52.5. The highest BCUT2D eigenvalue weighted by molar-refractivity contribution is 5.71. The lowest BCUT2D eigenvalue weighted by atomic mass is 9.92. The first-order valence-electron chi connectivity index (χ1n) is 26.7. The molecule has 4 N–H and O–H groups in total. The highest BCUT2D eigenvalue weighted by atomic mass is 16.6. The monoisotopic (exact) mass is 929 g/mol. The fourth-order valence-corrected chi connectivity index (χ4v) is 7.91. The Balaban J connectivity index is 5.76. The zero-order chi connectivity index (χ0) is 48.2. The third-order valence-corrected chi connectivity index (χ3v) is 12.4. The average molecular weight is 929 g/mol. The largest absolute Gasteiger partial charge is 0.465 e. The molecular formula is C53H100O12. The molecule has 0 radical (unpaired) electrons. The number of rotatable bonds is 48. The number of aliphatic hydroxyl groups excluding tert-OH is 4. The van der Waals surface area contributed by atoms with Gasteiger partial charge < -0.3 is 39.4 Å². The Kier molecular flexibility index (Phi) is 42.7. The second-order valence-electron chi connectivity index (χ2n) is 19.1. The molecule has 0 saturated heterocycles. The van der Waals surface area contributed by atoms with E-state index in [1.807, 2.05) is 0 Å². The summed E-state index contributed by atoms with van der Waals surface area (Å²) in [6.07, 6.45) is 26.3. The maximum atomic E-state index is 13.1. The summed E-state index contributed by atoms with van der Waals surface area (Å²) in [7, 11) is 0. The molecule has 0 rings (SSSR count). The molecule has 384 valence electrons. The third-order valence-electron chi connectivity index (χ3n) is 12.4. The van der Waals surface area contributed by atoms with E-state index in [2.05, 4.69) is 27.7 Å². The van der Waals surface area contributed by atoms with Gasteiger partial charge in [0.05, 0.1) is 24.4 Å². The van der Waals surface area contributed by atoms with Gasteiger partial charge in [0.1, 0.15) is 31.8 Å². The van der Waals surface area contributed by atoms with Crippen LogP contribution in [0.2, 0.25) is 0 Å². The van der Waals surface area contributed by atoms with Crippen LogP contribution in [-0.4, -0.2) is 95.1 Å². The van der Waals surface area contributed by atoms with E-state index >= 15 is 0 Å². The molecule has 0 heterocycles. The molecule has 65 heavy (non-hydrogen) atoms. The summed E-state index contributed by atoms with van der Waals surface area (Å²) in [5, 5.41) is 41.9. The Labute approximate surface area is 396 Å². The van der Waals surface area contributed by atoms with Crippen LogP contribution < -0.4 is 0 Å². The van der Waals surface area contributed by atoms with Gasteiger partial charge in [-0.1, -0.05) is 156 Å². The summed E-state index contributed by atoms with van der Waals surface area (Å²) < 4.78 is 23.0. The Morgan fingerprint density at radius 1 is 0.308 bits per heavy atom. The van der Waals surface area contributed by atoms with Crippen LogP contribution in [0.1, 0.15) is 259 Å². The van der Waals surface area contributed by atoms with Gasteiger partial charge in [-0.25, -0.2) is 0 Å². The van der Waals surface area contributed by atoms with Crippen molar-refractivity contribution in [1.82, 2.24) is 0 Å². The van der Waals surface area contributed by atoms with Crippen LogP contribution in [0.3, 0.4) is 0 Å². The van der Waals surface area contributed by atoms with Gasteiger partial charge in [0, 0.05) is 25.7 Å². The summed E-state index contributed by atoms with van der Waals surface area (Å²) in [5.41, 5.74) is -1.41. The SMILES string of the molecule is CCCCCCCC(O)CCCC(=O)OCC(COC(=O)CCCC(O)CCCCCCC)(COC(=O)CCCC(O)CCCCCCC)COC(=O)CCCC(O)CCCCCCC. The van der Waals surface area contributed by atoms with E-state index in [4.69, 9.17) is 18.9 Å². The predicted octanol–water partition coefficient (Wildman–Crippen LogP) is 11.7. The van der Waals surface area contributed by atoms with Crippen molar-refractivity contribution in [1.29, 1.82) is 0 Å². The Morgan fingerprint density at radius 3 is 0.692 bits per heavy atom. The van der Waals surface area contributed by atoms with Crippen molar-refractivity contribution >= 4 is 23.9 Å². The van der Waals surface area contributed by atoms with Crippen LogP contribution in [0, 0.1) is 5.41 Å². The zero-order valence-electron chi connectivity index (χ0n) is 42.1. The predicted molar refractivity (Wildman–Crippen MR) is 259 cm³/mol. The molecule has 0 aromatic rings. The first-order valence-corrected chi connectivity index (χ1v) is 26.7. The minimum atomic E-state index is -1.41. The molecule has 0 aromatic carbocycles. The van der Waals surface area contributed by atoms with Crippen LogP contribution in [0.4, 0.5) is 0 Å². The number of ether oxygens (including phenoxy) is 4. The van der Waals surface area contributed by atoms with Gasteiger partial charge in [0.15, 0.2) is 0 Å². The van der Waals surface area contributed by atoms with Crippen molar-refractivity contribution in [2.24, 2.45) is 5.41 Å². The minimum absolute atomic E-state index is 0.0468. The van der Waals surface area contributed by atoms with Crippen molar-refractivity contribution < 1.29 is 58.6 Å².